The van der Waals surface area contributed by atoms with Gasteiger partial charge in [0.2, 0.25) is 5.95 Å². The molecular formula is C20H26N4. The molecule has 2 atom stereocenters. The molecule has 2 aliphatic carbocycles. The van der Waals surface area contributed by atoms with Crippen LogP contribution in [0.4, 0.5) is 5.95 Å². The van der Waals surface area contributed by atoms with Gasteiger partial charge in [0, 0.05) is 17.5 Å². The highest BCUT2D eigenvalue weighted by atomic mass is 15.5. The number of aromatic nitrogens is 3. The summed E-state index contributed by atoms with van der Waals surface area (Å²) in [6.07, 6.45) is 12.0. The summed E-state index contributed by atoms with van der Waals surface area (Å²) < 4.78 is 2.31. The average molecular weight is 322 g/mol. The number of benzene rings is 1. The molecule has 5 rings (SSSR count). The zero-order chi connectivity index (χ0) is 16.0. The third-order valence-electron chi connectivity index (χ3n) is 6.55. The van der Waals surface area contributed by atoms with Crippen LogP contribution < -0.4 is 5.32 Å². The minimum Gasteiger partial charge on any atom is -0.351 e. The molecule has 2 saturated carbocycles. The van der Waals surface area contributed by atoms with Crippen molar-refractivity contribution in [3.63, 3.8) is 0 Å². The van der Waals surface area contributed by atoms with E-state index in [0.717, 1.165) is 23.3 Å². The lowest BCUT2D eigenvalue weighted by Crippen LogP contribution is -2.55. The molecule has 1 aromatic heterocycles. The van der Waals surface area contributed by atoms with E-state index in [1.807, 2.05) is 0 Å². The van der Waals surface area contributed by atoms with Crippen LogP contribution >= 0.6 is 0 Å². The average Bonchev–Trinajstić information content (AvgIpc) is 3.09. The van der Waals surface area contributed by atoms with Crippen molar-refractivity contribution in [1.29, 1.82) is 0 Å². The van der Waals surface area contributed by atoms with Crippen LogP contribution in [-0.4, -0.2) is 20.8 Å². The topological polar surface area (TPSA) is 42.7 Å². The minimum atomic E-state index is 0.212. The molecule has 3 aliphatic rings. The maximum atomic E-state index is 5.03. The van der Waals surface area contributed by atoms with Gasteiger partial charge in [0.15, 0.2) is 5.82 Å². The summed E-state index contributed by atoms with van der Waals surface area (Å²) >= 11 is 0. The van der Waals surface area contributed by atoms with Gasteiger partial charge in [-0.3, -0.25) is 0 Å². The summed E-state index contributed by atoms with van der Waals surface area (Å²) in [4.78, 5) is 4.90. The standard InChI is InChI=1S/C20H26N4/c1-3-9-15(10-4-1)18-22-19-21-17-12-6-5-11-16(17)20(24(19)23-18)13-7-2-8-14-20/h1,3-4,9-10,16-17H,2,5-8,11-14H2,(H,21,22,23)/t16-,17+/m0/s1. The van der Waals surface area contributed by atoms with Crippen LogP contribution in [0.1, 0.15) is 57.8 Å². The first-order chi connectivity index (χ1) is 11.9. The van der Waals surface area contributed by atoms with Gasteiger partial charge in [-0.25, -0.2) is 4.68 Å². The van der Waals surface area contributed by atoms with Gasteiger partial charge in [-0.05, 0) is 25.7 Å². The van der Waals surface area contributed by atoms with Crippen molar-refractivity contribution in [3.05, 3.63) is 30.3 Å². The number of nitrogens with zero attached hydrogens (tertiary/aromatic N) is 3. The highest BCUT2D eigenvalue weighted by Crippen LogP contribution is 2.51. The molecular weight excluding hydrogens is 296 g/mol. The molecule has 0 unspecified atom stereocenters. The lowest BCUT2D eigenvalue weighted by Gasteiger charge is -2.52. The number of hydrogen-bond donors (Lipinski definition) is 1. The van der Waals surface area contributed by atoms with E-state index < -0.39 is 0 Å². The molecule has 1 spiro atoms. The second-order valence-corrected chi connectivity index (χ2v) is 7.84. The molecule has 4 nitrogen and oxygen atoms in total. The van der Waals surface area contributed by atoms with Gasteiger partial charge in [0.25, 0.3) is 0 Å². The third kappa shape index (κ3) is 2.11. The Hall–Kier alpha value is -1.84. The molecule has 0 radical (unpaired) electrons. The van der Waals surface area contributed by atoms with Gasteiger partial charge in [0.1, 0.15) is 0 Å². The van der Waals surface area contributed by atoms with Gasteiger partial charge in [0.05, 0.1) is 5.54 Å². The van der Waals surface area contributed by atoms with E-state index >= 15 is 0 Å². The van der Waals surface area contributed by atoms with Crippen molar-refractivity contribution < 1.29 is 0 Å². The highest BCUT2D eigenvalue weighted by molar-refractivity contribution is 5.56. The molecule has 2 heterocycles. The zero-order valence-corrected chi connectivity index (χ0v) is 14.2. The van der Waals surface area contributed by atoms with Crippen molar-refractivity contribution in [2.24, 2.45) is 5.92 Å². The fraction of sp³-hybridized carbons (Fsp3) is 0.600. The number of fused-ring (bicyclic) bond motifs is 4. The molecule has 24 heavy (non-hydrogen) atoms. The lowest BCUT2D eigenvalue weighted by molar-refractivity contribution is 0.0455. The summed E-state index contributed by atoms with van der Waals surface area (Å²) in [5.74, 6) is 2.62. The largest absolute Gasteiger partial charge is 0.351 e. The maximum Gasteiger partial charge on any atom is 0.222 e. The molecule has 4 heteroatoms. The predicted molar refractivity (Wildman–Crippen MR) is 95.9 cm³/mol. The number of hydrogen-bond acceptors (Lipinski definition) is 3. The van der Waals surface area contributed by atoms with E-state index in [2.05, 4.69) is 40.3 Å². The van der Waals surface area contributed by atoms with Crippen LogP contribution in [0.25, 0.3) is 11.4 Å². The van der Waals surface area contributed by atoms with Gasteiger partial charge in [-0.2, -0.15) is 4.98 Å². The van der Waals surface area contributed by atoms with Crippen LogP contribution in [0.15, 0.2) is 30.3 Å². The van der Waals surface area contributed by atoms with Gasteiger partial charge in [-0.15, -0.1) is 5.10 Å². The molecule has 0 amide bonds. The minimum absolute atomic E-state index is 0.212. The fourth-order valence-electron chi connectivity index (χ4n) is 5.44. The Balaban J connectivity index is 1.63. The molecule has 1 aliphatic heterocycles. The first-order valence-corrected chi connectivity index (χ1v) is 9.66. The Kier molecular flexibility index (Phi) is 3.39. The van der Waals surface area contributed by atoms with Crippen molar-refractivity contribution in [1.82, 2.24) is 14.8 Å². The quantitative estimate of drug-likeness (QED) is 0.835. The van der Waals surface area contributed by atoms with E-state index in [1.165, 1.54) is 57.8 Å². The molecule has 0 bridgehead atoms. The van der Waals surface area contributed by atoms with Crippen LogP contribution in [0.5, 0.6) is 0 Å². The Morgan fingerprint density at radius 3 is 2.58 bits per heavy atom. The van der Waals surface area contributed by atoms with Crippen molar-refractivity contribution in [2.45, 2.75) is 69.4 Å². The van der Waals surface area contributed by atoms with E-state index in [0.29, 0.717) is 6.04 Å². The highest BCUT2D eigenvalue weighted by Gasteiger charge is 2.51. The van der Waals surface area contributed by atoms with Crippen LogP contribution in [-0.2, 0) is 5.54 Å². The third-order valence-corrected chi connectivity index (χ3v) is 6.55. The molecule has 1 aromatic carbocycles. The molecule has 126 valence electrons. The van der Waals surface area contributed by atoms with Gasteiger partial charge in [-0.1, -0.05) is 62.4 Å². The monoisotopic (exact) mass is 322 g/mol. The Morgan fingerprint density at radius 2 is 1.75 bits per heavy atom. The van der Waals surface area contributed by atoms with Crippen molar-refractivity contribution in [3.8, 4) is 11.4 Å². The number of anilines is 1. The first-order valence-electron chi connectivity index (χ1n) is 9.66. The zero-order valence-electron chi connectivity index (χ0n) is 14.2. The fourth-order valence-corrected chi connectivity index (χ4v) is 5.44. The Bertz CT molecular complexity index is 714. The number of rotatable bonds is 1. The lowest BCUT2D eigenvalue weighted by atomic mass is 9.64. The van der Waals surface area contributed by atoms with Gasteiger partial charge < -0.3 is 5.32 Å². The second-order valence-electron chi connectivity index (χ2n) is 7.84. The Morgan fingerprint density at radius 1 is 0.958 bits per heavy atom. The second kappa shape index (κ2) is 5.61. The summed E-state index contributed by atoms with van der Waals surface area (Å²) in [5, 5.41) is 8.78. The van der Waals surface area contributed by atoms with Crippen LogP contribution in [0.3, 0.4) is 0 Å². The number of nitrogens with one attached hydrogen (secondary N) is 1. The van der Waals surface area contributed by atoms with Gasteiger partial charge >= 0.3 is 0 Å². The molecule has 0 saturated heterocycles. The van der Waals surface area contributed by atoms with E-state index in [4.69, 9.17) is 10.1 Å². The molecule has 2 fully saturated rings. The van der Waals surface area contributed by atoms with E-state index in [1.54, 1.807) is 0 Å². The summed E-state index contributed by atoms with van der Waals surface area (Å²) in [7, 11) is 0. The van der Waals surface area contributed by atoms with Crippen molar-refractivity contribution >= 4 is 5.95 Å². The summed E-state index contributed by atoms with van der Waals surface area (Å²) in [6.45, 7) is 0. The predicted octanol–water partition coefficient (Wildman–Crippen LogP) is 4.59. The van der Waals surface area contributed by atoms with Crippen LogP contribution in [0, 0.1) is 5.92 Å². The normalized spacial score (nSPS) is 28.0. The maximum absolute atomic E-state index is 5.03. The van der Waals surface area contributed by atoms with Crippen LogP contribution in [0.2, 0.25) is 0 Å². The SMILES string of the molecule is c1ccc(-c2nc3n(n2)C2(CCCCC2)[C@H]2CCCC[C@H]2N3)cc1. The summed E-state index contributed by atoms with van der Waals surface area (Å²) in [6, 6.07) is 11.0. The smallest absolute Gasteiger partial charge is 0.222 e. The molecule has 1 N–H and O–H groups in total. The van der Waals surface area contributed by atoms with Crippen molar-refractivity contribution in [2.75, 3.05) is 5.32 Å². The first kappa shape index (κ1) is 14.5. The van der Waals surface area contributed by atoms with E-state index in [-0.39, 0.29) is 5.54 Å². The summed E-state index contributed by atoms with van der Waals surface area (Å²) in [5.41, 5.74) is 1.33. The Labute approximate surface area is 143 Å². The van der Waals surface area contributed by atoms with E-state index in [9.17, 15) is 0 Å². The molecule has 2 aromatic rings.